The number of carbonyl (C=O) groups is 2. The Morgan fingerprint density at radius 1 is 0.958 bits per heavy atom. The number of aliphatic carboxylic acids is 2. The summed E-state index contributed by atoms with van der Waals surface area (Å²) in [7, 11) is 0. The van der Waals surface area contributed by atoms with Crippen LogP contribution >= 0.6 is 15.9 Å². The minimum Gasteiger partial charge on any atom is -0.481 e. The monoisotopic (exact) mass is 388 g/mol. The lowest BCUT2D eigenvalue weighted by Crippen LogP contribution is -2.40. The van der Waals surface area contributed by atoms with Gasteiger partial charge >= 0.3 is 11.9 Å². The molecule has 0 amide bonds. The van der Waals surface area contributed by atoms with Crippen molar-refractivity contribution in [3.63, 3.8) is 0 Å². The SMILES string of the molecule is C=C(C(=O)O)C(Cc1ccccc1)(Cc1ccccc1Br)C(=O)O. The number of benzene rings is 2. The molecule has 2 aromatic rings. The molecular weight excluding hydrogens is 372 g/mol. The van der Waals surface area contributed by atoms with Crippen LogP contribution in [0, 0.1) is 5.41 Å². The Bertz CT molecular complexity index is 770. The first-order chi connectivity index (χ1) is 11.4. The summed E-state index contributed by atoms with van der Waals surface area (Å²) in [6.07, 6.45) is 0.0828. The third-order valence-electron chi connectivity index (χ3n) is 4.04. The Kier molecular flexibility index (Phi) is 5.57. The molecule has 0 spiro atoms. The summed E-state index contributed by atoms with van der Waals surface area (Å²) in [5, 5.41) is 19.3. The zero-order valence-corrected chi connectivity index (χ0v) is 14.5. The van der Waals surface area contributed by atoms with Crippen molar-refractivity contribution in [1.82, 2.24) is 0 Å². The van der Waals surface area contributed by atoms with Crippen molar-refractivity contribution in [2.24, 2.45) is 5.41 Å². The van der Waals surface area contributed by atoms with Crippen LogP contribution in [0.1, 0.15) is 11.1 Å². The highest BCUT2D eigenvalue weighted by atomic mass is 79.9. The molecule has 0 saturated heterocycles. The first-order valence-electron chi connectivity index (χ1n) is 7.30. The largest absolute Gasteiger partial charge is 0.481 e. The quantitative estimate of drug-likeness (QED) is 0.704. The molecular formula is C19H17BrO4. The molecule has 0 aliphatic rings. The maximum absolute atomic E-state index is 12.1. The molecule has 0 fully saturated rings. The predicted octanol–water partition coefficient (Wildman–Crippen LogP) is 3.95. The van der Waals surface area contributed by atoms with Crippen molar-refractivity contribution in [3.8, 4) is 0 Å². The highest BCUT2D eigenvalue weighted by Crippen LogP contribution is 2.37. The van der Waals surface area contributed by atoms with Crippen molar-refractivity contribution in [3.05, 3.63) is 82.3 Å². The summed E-state index contributed by atoms with van der Waals surface area (Å²) < 4.78 is 0.738. The summed E-state index contributed by atoms with van der Waals surface area (Å²) in [5.41, 5.74) is -0.487. The predicted molar refractivity (Wildman–Crippen MR) is 94.8 cm³/mol. The van der Waals surface area contributed by atoms with Gasteiger partial charge in [0.25, 0.3) is 0 Å². The number of hydrogen-bond acceptors (Lipinski definition) is 2. The molecule has 1 unspecified atom stereocenters. The van der Waals surface area contributed by atoms with E-state index in [9.17, 15) is 19.8 Å². The minimum atomic E-state index is -1.63. The van der Waals surface area contributed by atoms with Crippen LogP contribution in [0.2, 0.25) is 0 Å². The number of halogens is 1. The molecule has 4 nitrogen and oxygen atoms in total. The van der Waals surface area contributed by atoms with Crippen molar-refractivity contribution < 1.29 is 19.8 Å². The lowest BCUT2D eigenvalue weighted by Gasteiger charge is -2.30. The maximum Gasteiger partial charge on any atom is 0.332 e. The molecule has 0 aliphatic carbocycles. The molecule has 124 valence electrons. The fourth-order valence-corrected chi connectivity index (χ4v) is 3.10. The Balaban J connectivity index is 2.54. The molecule has 2 aromatic carbocycles. The smallest absolute Gasteiger partial charge is 0.332 e. The van der Waals surface area contributed by atoms with Gasteiger partial charge in [-0.15, -0.1) is 0 Å². The van der Waals surface area contributed by atoms with Crippen LogP contribution in [0.25, 0.3) is 0 Å². The average molecular weight is 389 g/mol. The molecule has 24 heavy (non-hydrogen) atoms. The van der Waals surface area contributed by atoms with Crippen LogP contribution in [0.4, 0.5) is 0 Å². The van der Waals surface area contributed by atoms with E-state index in [-0.39, 0.29) is 18.4 Å². The Hall–Kier alpha value is -2.40. The third-order valence-corrected chi connectivity index (χ3v) is 4.82. The zero-order valence-electron chi connectivity index (χ0n) is 12.9. The first kappa shape index (κ1) is 17.9. The Morgan fingerprint density at radius 2 is 1.54 bits per heavy atom. The van der Waals surface area contributed by atoms with Gasteiger partial charge in [-0.3, -0.25) is 4.79 Å². The van der Waals surface area contributed by atoms with E-state index in [1.54, 1.807) is 42.5 Å². The lowest BCUT2D eigenvalue weighted by molar-refractivity contribution is -0.150. The van der Waals surface area contributed by atoms with Crippen LogP contribution in [-0.2, 0) is 22.4 Å². The summed E-state index contributed by atoms with van der Waals surface area (Å²) in [5.74, 6) is -2.50. The highest BCUT2D eigenvalue weighted by Gasteiger charge is 2.44. The van der Waals surface area contributed by atoms with Gasteiger partial charge in [0, 0.05) is 10.0 Å². The van der Waals surface area contributed by atoms with Crippen LogP contribution < -0.4 is 0 Å². The van der Waals surface area contributed by atoms with Gasteiger partial charge in [0.15, 0.2) is 0 Å². The van der Waals surface area contributed by atoms with Gasteiger partial charge in [0.05, 0.1) is 0 Å². The van der Waals surface area contributed by atoms with E-state index >= 15 is 0 Å². The van der Waals surface area contributed by atoms with Crippen molar-refractivity contribution >= 4 is 27.9 Å². The van der Waals surface area contributed by atoms with Gasteiger partial charge in [-0.2, -0.15) is 0 Å². The molecule has 0 bridgehead atoms. The summed E-state index contributed by atoms with van der Waals surface area (Å²) in [4.78, 5) is 23.7. The second-order valence-electron chi connectivity index (χ2n) is 5.60. The molecule has 1 atom stereocenters. The van der Waals surface area contributed by atoms with Gasteiger partial charge in [0.1, 0.15) is 5.41 Å². The van der Waals surface area contributed by atoms with Crippen molar-refractivity contribution in [2.45, 2.75) is 12.8 Å². The lowest BCUT2D eigenvalue weighted by atomic mass is 9.71. The Labute approximate surface area is 148 Å². The molecule has 0 heterocycles. The summed E-state index contributed by atoms with van der Waals surface area (Å²) in [6.45, 7) is 3.57. The van der Waals surface area contributed by atoms with E-state index in [1.807, 2.05) is 12.1 Å². The first-order valence-corrected chi connectivity index (χ1v) is 8.09. The third kappa shape index (κ3) is 3.74. The van der Waals surface area contributed by atoms with E-state index in [2.05, 4.69) is 22.5 Å². The van der Waals surface area contributed by atoms with Crippen LogP contribution in [0.15, 0.2) is 71.2 Å². The maximum atomic E-state index is 12.1. The van der Waals surface area contributed by atoms with Crippen molar-refractivity contribution in [2.75, 3.05) is 0 Å². The van der Waals surface area contributed by atoms with Crippen LogP contribution in [0.3, 0.4) is 0 Å². The van der Waals surface area contributed by atoms with E-state index in [4.69, 9.17) is 0 Å². The van der Waals surface area contributed by atoms with E-state index in [0.29, 0.717) is 0 Å². The van der Waals surface area contributed by atoms with E-state index < -0.39 is 17.4 Å². The van der Waals surface area contributed by atoms with E-state index in [1.165, 1.54) is 0 Å². The van der Waals surface area contributed by atoms with Crippen LogP contribution in [-0.4, -0.2) is 22.2 Å². The van der Waals surface area contributed by atoms with Gasteiger partial charge in [0.2, 0.25) is 0 Å². The normalized spacial score (nSPS) is 13.0. The molecule has 0 saturated carbocycles. The number of hydrogen-bond donors (Lipinski definition) is 2. The Morgan fingerprint density at radius 3 is 2.08 bits per heavy atom. The molecule has 5 heteroatoms. The summed E-state index contributed by atoms with van der Waals surface area (Å²) >= 11 is 3.40. The van der Waals surface area contributed by atoms with Gasteiger partial charge < -0.3 is 10.2 Å². The second-order valence-corrected chi connectivity index (χ2v) is 6.46. The number of carboxylic acid groups (broad SMARTS) is 2. The standard InChI is InChI=1S/C19H17BrO4/c1-13(17(21)22)19(18(23)24,11-14-7-3-2-4-8-14)12-15-9-5-6-10-16(15)20/h2-10H,1,11-12H2,(H,21,22)(H,23,24). The number of carboxylic acids is 2. The fraction of sp³-hybridized carbons (Fsp3) is 0.158. The average Bonchev–Trinajstić information content (AvgIpc) is 2.56. The van der Waals surface area contributed by atoms with E-state index in [0.717, 1.165) is 15.6 Å². The van der Waals surface area contributed by atoms with Crippen molar-refractivity contribution in [1.29, 1.82) is 0 Å². The molecule has 0 aromatic heterocycles. The van der Waals surface area contributed by atoms with Gasteiger partial charge in [-0.1, -0.05) is 71.0 Å². The molecule has 2 rings (SSSR count). The summed E-state index contributed by atoms with van der Waals surface area (Å²) in [6, 6.07) is 16.2. The molecule has 0 aliphatic heterocycles. The van der Waals surface area contributed by atoms with Gasteiger partial charge in [-0.05, 0) is 30.0 Å². The molecule has 0 radical (unpaired) electrons. The minimum absolute atomic E-state index is 0.0315. The van der Waals surface area contributed by atoms with Gasteiger partial charge in [-0.25, -0.2) is 4.79 Å². The highest BCUT2D eigenvalue weighted by molar-refractivity contribution is 9.10. The fourth-order valence-electron chi connectivity index (χ4n) is 2.67. The second kappa shape index (κ2) is 7.45. The molecule has 2 N–H and O–H groups in total. The number of rotatable bonds is 7. The van der Waals surface area contributed by atoms with Crippen LogP contribution in [0.5, 0.6) is 0 Å². The topological polar surface area (TPSA) is 74.6 Å². The zero-order chi connectivity index (χ0) is 17.7.